The molecule has 2 aromatic carbocycles. The second-order valence-electron chi connectivity index (χ2n) is 6.48. The first-order chi connectivity index (χ1) is 12.7. The number of nitrogens with zero attached hydrogens (tertiary/aromatic N) is 4. The molecule has 0 atom stereocenters. The number of piperazine rings is 1. The largest absolute Gasteiger partial charge is 0.478 e. The first-order valence-corrected chi connectivity index (χ1v) is 8.70. The molecule has 0 saturated carbocycles. The van der Waals surface area contributed by atoms with E-state index in [4.69, 9.17) is 5.11 Å². The van der Waals surface area contributed by atoms with Gasteiger partial charge in [0.2, 0.25) is 0 Å². The predicted octanol–water partition coefficient (Wildman–Crippen LogP) is 3.07. The van der Waals surface area contributed by atoms with Crippen LogP contribution < -0.4 is 4.90 Å². The number of anilines is 1. The number of carbonyl (C=O) groups is 1. The molecule has 0 radical (unpaired) electrons. The Hall–Kier alpha value is -2.70. The number of fused-ring (bicyclic) bond motifs is 1. The number of halogens is 1. The van der Waals surface area contributed by atoms with E-state index < -0.39 is 5.97 Å². The average molecular weight is 385 g/mol. The maximum Gasteiger partial charge on any atom is 0.335 e. The standard InChI is InChI=1S/C20H20N4O2.ClH/c25-20(26)16-6-7-17-18(12-16)21-14-22-19(17)24-10-8-23(9-11-24)13-15-4-2-1-3-5-15;/h1-7,12,14H,8-11,13H2,(H,25,26);1H. The van der Waals surface area contributed by atoms with E-state index in [-0.39, 0.29) is 18.0 Å². The van der Waals surface area contributed by atoms with Crippen molar-refractivity contribution in [2.24, 2.45) is 0 Å². The number of carboxylic acid groups (broad SMARTS) is 1. The van der Waals surface area contributed by atoms with E-state index in [1.54, 1.807) is 12.1 Å². The summed E-state index contributed by atoms with van der Waals surface area (Å²) in [4.78, 5) is 24.6. The molecule has 7 heteroatoms. The molecule has 3 aromatic rings. The Morgan fingerprint density at radius 2 is 1.74 bits per heavy atom. The van der Waals surface area contributed by atoms with Crippen molar-refractivity contribution in [1.82, 2.24) is 14.9 Å². The van der Waals surface area contributed by atoms with E-state index in [1.807, 2.05) is 12.1 Å². The average Bonchev–Trinajstić information content (AvgIpc) is 2.68. The molecule has 1 aromatic heterocycles. The number of benzene rings is 2. The minimum Gasteiger partial charge on any atom is -0.478 e. The van der Waals surface area contributed by atoms with Gasteiger partial charge in [-0.05, 0) is 23.8 Å². The van der Waals surface area contributed by atoms with Crippen molar-refractivity contribution in [2.45, 2.75) is 6.54 Å². The third kappa shape index (κ3) is 4.18. The van der Waals surface area contributed by atoms with Gasteiger partial charge in [-0.2, -0.15) is 0 Å². The van der Waals surface area contributed by atoms with Gasteiger partial charge in [-0.1, -0.05) is 30.3 Å². The molecule has 1 N–H and O–H groups in total. The summed E-state index contributed by atoms with van der Waals surface area (Å²) in [6, 6.07) is 15.5. The number of aromatic carboxylic acids is 1. The zero-order valence-corrected chi connectivity index (χ0v) is 15.6. The van der Waals surface area contributed by atoms with Crippen LogP contribution in [-0.2, 0) is 6.54 Å². The summed E-state index contributed by atoms with van der Waals surface area (Å²) in [5, 5.41) is 10.1. The zero-order valence-electron chi connectivity index (χ0n) is 14.8. The second kappa shape index (κ2) is 8.33. The lowest BCUT2D eigenvalue weighted by molar-refractivity contribution is 0.0697. The lowest BCUT2D eigenvalue weighted by atomic mass is 10.1. The van der Waals surface area contributed by atoms with Crippen molar-refractivity contribution in [2.75, 3.05) is 31.1 Å². The number of carboxylic acids is 1. The predicted molar refractivity (Wildman–Crippen MR) is 108 cm³/mol. The van der Waals surface area contributed by atoms with Crippen LogP contribution in [0.4, 0.5) is 5.82 Å². The molecule has 4 rings (SSSR count). The van der Waals surface area contributed by atoms with Gasteiger partial charge in [0.05, 0.1) is 11.1 Å². The van der Waals surface area contributed by atoms with Crippen LogP contribution in [-0.4, -0.2) is 52.1 Å². The van der Waals surface area contributed by atoms with Gasteiger partial charge < -0.3 is 10.0 Å². The monoisotopic (exact) mass is 384 g/mol. The minimum atomic E-state index is -0.943. The molecule has 0 unspecified atom stereocenters. The van der Waals surface area contributed by atoms with Crippen LogP contribution in [0.3, 0.4) is 0 Å². The van der Waals surface area contributed by atoms with Crippen LogP contribution in [0.1, 0.15) is 15.9 Å². The molecule has 1 fully saturated rings. The van der Waals surface area contributed by atoms with Gasteiger partial charge in [0.25, 0.3) is 0 Å². The van der Waals surface area contributed by atoms with Crippen molar-refractivity contribution in [3.05, 3.63) is 66.0 Å². The summed E-state index contributed by atoms with van der Waals surface area (Å²) in [6.45, 7) is 4.67. The van der Waals surface area contributed by atoms with Gasteiger partial charge in [-0.3, -0.25) is 4.90 Å². The van der Waals surface area contributed by atoms with Gasteiger partial charge in [0.1, 0.15) is 12.1 Å². The third-order valence-electron chi connectivity index (χ3n) is 4.78. The van der Waals surface area contributed by atoms with E-state index in [9.17, 15) is 4.79 Å². The summed E-state index contributed by atoms with van der Waals surface area (Å²) >= 11 is 0. The van der Waals surface area contributed by atoms with Crippen molar-refractivity contribution in [1.29, 1.82) is 0 Å². The maximum atomic E-state index is 11.2. The normalized spacial score (nSPS) is 14.7. The molecule has 0 aliphatic carbocycles. The Kier molecular flexibility index (Phi) is 5.88. The van der Waals surface area contributed by atoms with Crippen molar-refractivity contribution >= 4 is 35.1 Å². The number of aromatic nitrogens is 2. The summed E-state index contributed by atoms with van der Waals surface area (Å²) in [5.74, 6) is -0.0621. The van der Waals surface area contributed by atoms with Crippen LogP contribution >= 0.6 is 12.4 Å². The van der Waals surface area contributed by atoms with Gasteiger partial charge in [0, 0.05) is 38.1 Å². The zero-order chi connectivity index (χ0) is 17.9. The van der Waals surface area contributed by atoms with E-state index in [0.29, 0.717) is 5.52 Å². The molecule has 1 aliphatic heterocycles. The summed E-state index contributed by atoms with van der Waals surface area (Å²) < 4.78 is 0. The van der Waals surface area contributed by atoms with E-state index in [2.05, 4.69) is 44.0 Å². The smallest absolute Gasteiger partial charge is 0.335 e. The molecule has 140 valence electrons. The quantitative estimate of drug-likeness (QED) is 0.745. The molecular formula is C20H21ClN4O2. The highest BCUT2D eigenvalue weighted by Crippen LogP contribution is 2.25. The van der Waals surface area contributed by atoms with E-state index in [1.165, 1.54) is 11.9 Å². The van der Waals surface area contributed by atoms with Crippen LogP contribution in [0.5, 0.6) is 0 Å². The Labute approximate surface area is 163 Å². The van der Waals surface area contributed by atoms with Crippen molar-refractivity contribution in [3.63, 3.8) is 0 Å². The van der Waals surface area contributed by atoms with Crippen LogP contribution in [0.25, 0.3) is 10.9 Å². The Balaban J connectivity index is 0.00000210. The fourth-order valence-corrected chi connectivity index (χ4v) is 3.39. The fraction of sp³-hybridized carbons (Fsp3) is 0.250. The molecule has 27 heavy (non-hydrogen) atoms. The van der Waals surface area contributed by atoms with Crippen LogP contribution in [0.2, 0.25) is 0 Å². The Bertz CT molecular complexity index is 928. The number of hydrogen-bond acceptors (Lipinski definition) is 5. The molecule has 0 bridgehead atoms. The van der Waals surface area contributed by atoms with E-state index >= 15 is 0 Å². The summed E-state index contributed by atoms with van der Waals surface area (Å²) in [7, 11) is 0. The Morgan fingerprint density at radius 1 is 1.00 bits per heavy atom. The van der Waals surface area contributed by atoms with Gasteiger partial charge in [0.15, 0.2) is 0 Å². The molecule has 1 aliphatic rings. The summed E-state index contributed by atoms with van der Waals surface area (Å²) in [6.07, 6.45) is 1.51. The number of rotatable bonds is 4. The highest BCUT2D eigenvalue weighted by atomic mass is 35.5. The molecule has 0 amide bonds. The molecule has 2 heterocycles. The van der Waals surface area contributed by atoms with E-state index in [0.717, 1.165) is 43.9 Å². The molecule has 1 saturated heterocycles. The lowest BCUT2D eigenvalue weighted by Gasteiger charge is -2.35. The highest BCUT2D eigenvalue weighted by Gasteiger charge is 2.20. The number of hydrogen-bond donors (Lipinski definition) is 1. The SMILES string of the molecule is Cl.O=C(O)c1ccc2c(N3CCN(Cc4ccccc4)CC3)ncnc2c1. The van der Waals surface area contributed by atoms with Gasteiger partial charge in [-0.25, -0.2) is 14.8 Å². The lowest BCUT2D eigenvalue weighted by Crippen LogP contribution is -2.46. The van der Waals surface area contributed by atoms with Gasteiger partial charge >= 0.3 is 5.97 Å². The molecular weight excluding hydrogens is 364 g/mol. The highest BCUT2D eigenvalue weighted by molar-refractivity contribution is 5.96. The maximum absolute atomic E-state index is 11.2. The van der Waals surface area contributed by atoms with Crippen molar-refractivity contribution in [3.8, 4) is 0 Å². The Morgan fingerprint density at radius 3 is 2.44 bits per heavy atom. The third-order valence-corrected chi connectivity index (χ3v) is 4.78. The molecule has 0 spiro atoms. The van der Waals surface area contributed by atoms with Crippen LogP contribution in [0, 0.1) is 0 Å². The summed E-state index contributed by atoms with van der Waals surface area (Å²) in [5.41, 5.74) is 2.24. The van der Waals surface area contributed by atoms with Gasteiger partial charge in [-0.15, -0.1) is 12.4 Å². The first kappa shape index (κ1) is 19.1. The fourth-order valence-electron chi connectivity index (χ4n) is 3.39. The minimum absolute atomic E-state index is 0. The van der Waals surface area contributed by atoms with Crippen molar-refractivity contribution < 1.29 is 9.90 Å². The topological polar surface area (TPSA) is 69.6 Å². The van der Waals surface area contributed by atoms with Crippen LogP contribution in [0.15, 0.2) is 54.9 Å². The first-order valence-electron chi connectivity index (χ1n) is 8.70. The second-order valence-corrected chi connectivity index (χ2v) is 6.48. The molecule has 6 nitrogen and oxygen atoms in total.